The van der Waals surface area contributed by atoms with Gasteiger partial charge in [0.05, 0.1) is 26.4 Å². The molecule has 3 aromatic rings. The van der Waals surface area contributed by atoms with Crippen LogP contribution in [0.2, 0.25) is 0 Å². The molecule has 180 valence electrons. The molecule has 34 heavy (non-hydrogen) atoms. The van der Waals surface area contributed by atoms with Crippen LogP contribution in [-0.4, -0.2) is 49.5 Å². The lowest BCUT2D eigenvalue weighted by atomic mass is 9.98. The van der Waals surface area contributed by atoms with E-state index in [-0.39, 0.29) is 6.61 Å². The molecule has 1 heterocycles. The van der Waals surface area contributed by atoms with E-state index in [1.165, 1.54) is 0 Å². The van der Waals surface area contributed by atoms with Crippen molar-refractivity contribution < 1.29 is 28.8 Å². The third-order valence-corrected chi connectivity index (χ3v) is 5.86. The highest BCUT2D eigenvalue weighted by molar-refractivity contribution is 5.15. The van der Waals surface area contributed by atoms with Crippen LogP contribution in [0.15, 0.2) is 91.0 Å². The topological polar surface area (TPSA) is 66.4 Å². The minimum absolute atomic E-state index is 0.226. The number of aliphatic hydroxyl groups excluding tert-OH is 1. The summed E-state index contributed by atoms with van der Waals surface area (Å²) in [5, 5.41) is 10.1. The Balaban J connectivity index is 1.56. The summed E-state index contributed by atoms with van der Waals surface area (Å²) in [5.74, 6) is 0. The molecular formula is C28H32O6. The van der Waals surface area contributed by atoms with Crippen LogP contribution in [0.1, 0.15) is 16.7 Å². The zero-order chi connectivity index (χ0) is 23.6. The van der Waals surface area contributed by atoms with Gasteiger partial charge >= 0.3 is 0 Å². The number of hydrogen-bond acceptors (Lipinski definition) is 6. The molecule has 0 radical (unpaired) electrons. The van der Waals surface area contributed by atoms with Gasteiger partial charge in [-0.15, -0.1) is 0 Å². The van der Waals surface area contributed by atoms with E-state index in [0.717, 1.165) is 16.7 Å². The summed E-state index contributed by atoms with van der Waals surface area (Å²) >= 11 is 0. The highest BCUT2D eigenvalue weighted by Crippen LogP contribution is 2.30. The third kappa shape index (κ3) is 6.51. The van der Waals surface area contributed by atoms with Gasteiger partial charge in [0.2, 0.25) is 0 Å². The van der Waals surface area contributed by atoms with E-state index in [0.29, 0.717) is 19.8 Å². The standard InChI is InChI=1S/C28H32O6/c1-30-28-27(33-20-23-15-9-4-10-16-23)26(32-19-22-13-7-3-8-14-22)25(24(17-29)34-28)31-18-21-11-5-2-6-12-21/h2-16,24-29H,17-20H2,1H3/t24-,25+,26-,27-,28-/m0/s1. The maximum atomic E-state index is 10.1. The largest absolute Gasteiger partial charge is 0.394 e. The molecule has 1 aliphatic rings. The van der Waals surface area contributed by atoms with E-state index in [1.54, 1.807) is 7.11 Å². The SMILES string of the molecule is CO[C@H]1O[C@@H](CO)[C@@H](OCc2ccccc2)[C@H](OCc2ccccc2)[C@@H]1OCc1ccccc1. The lowest BCUT2D eigenvalue weighted by Crippen LogP contribution is -2.61. The molecule has 6 heteroatoms. The number of benzene rings is 3. The normalized spacial score (nSPS) is 24.7. The van der Waals surface area contributed by atoms with Gasteiger partial charge in [-0.3, -0.25) is 0 Å². The van der Waals surface area contributed by atoms with Gasteiger partial charge in [-0.05, 0) is 16.7 Å². The lowest BCUT2D eigenvalue weighted by Gasteiger charge is -2.45. The molecule has 0 spiro atoms. The van der Waals surface area contributed by atoms with E-state index in [2.05, 4.69) is 0 Å². The van der Waals surface area contributed by atoms with Crippen LogP contribution >= 0.6 is 0 Å². The molecule has 1 N–H and O–H groups in total. The highest BCUT2D eigenvalue weighted by Gasteiger charge is 2.48. The molecule has 1 saturated heterocycles. The predicted octanol–water partition coefficient (Wildman–Crippen LogP) is 4.11. The summed E-state index contributed by atoms with van der Waals surface area (Å²) in [6, 6.07) is 29.8. The number of methoxy groups -OCH3 is 1. The first-order valence-electron chi connectivity index (χ1n) is 11.5. The molecule has 0 unspecified atom stereocenters. The Morgan fingerprint density at radius 3 is 1.44 bits per heavy atom. The molecule has 0 amide bonds. The fraction of sp³-hybridized carbons (Fsp3) is 0.357. The van der Waals surface area contributed by atoms with Gasteiger partial charge in [-0.25, -0.2) is 0 Å². The van der Waals surface area contributed by atoms with Crippen LogP contribution < -0.4 is 0 Å². The van der Waals surface area contributed by atoms with Crippen molar-refractivity contribution >= 4 is 0 Å². The highest BCUT2D eigenvalue weighted by atomic mass is 16.7. The van der Waals surface area contributed by atoms with Crippen molar-refractivity contribution in [2.24, 2.45) is 0 Å². The minimum atomic E-state index is -0.710. The summed E-state index contributed by atoms with van der Waals surface area (Å²) in [4.78, 5) is 0. The Hall–Kier alpha value is -2.58. The molecule has 4 rings (SSSR count). The van der Waals surface area contributed by atoms with Gasteiger partial charge in [0, 0.05) is 7.11 Å². The smallest absolute Gasteiger partial charge is 0.186 e. The first kappa shape index (κ1) is 24.5. The van der Waals surface area contributed by atoms with Crippen molar-refractivity contribution in [1.82, 2.24) is 0 Å². The Kier molecular flexibility index (Phi) is 9.21. The van der Waals surface area contributed by atoms with Crippen LogP contribution in [0.4, 0.5) is 0 Å². The lowest BCUT2D eigenvalue weighted by molar-refractivity contribution is -0.321. The van der Waals surface area contributed by atoms with Crippen LogP contribution in [0.3, 0.4) is 0 Å². The summed E-state index contributed by atoms with van der Waals surface area (Å²) in [6.07, 6.45) is -2.97. The fourth-order valence-electron chi connectivity index (χ4n) is 4.08. The Morgan fingerprint density at radius 2 is 1.03 bits per heavy atom. The monoisotopic (exact) mass is 464 g/mol. The maximum absolute atomic E-state index is 10.1. The second-order valence-corrected chi connectivity index (χ2v) is 8.24. The van der Waals surface area contributed by atoms with Gasteiger partial charge in [-0.2, -0.15) is 0 Å². The Morgan fingerprint density at radius 1 is 0.618 bits per heavy atom. The summed E-state index contributed by atoms with van der Waals surface area (Å²) in [6.45, 7) is 0.876. The average molecular weight is 465 g/mol. The van der Waals surface area contributed by atoms with Crippen molar-refractivity contribution in [3.8, 4) is 0 Å². The quantitative estimate of drug-likeness (QED) is 0.461. The van der Waals surface area contributed by atoms with Gasteiger partial charge < -0.3 is 28.8 Å². The summed E-state index contributed by atoms with van der Waals surface area (Å²) < 4.78 is 30.7. The molecular weight excluding hydrogens is 432 g/mol. The van der Waals surface area contributed by atoms with Crippen molar-refractivity contribution in [2.75, 3.05) is 13.7 Å². The number of aliphatic hydroxyl groups is 1. The third-order valence-electron chi connectivity index (χ3n) is 5.86. The number of hydrogen-bond donors (Lipinski definition) is 1. The fourth-order valence-corrected chi connectivity index (χ4v) is 4.08. The molecule has 5 atom stereocenters. The van der Waals surface area contributed by atoms with E-state index < -0.39 is 30.7 Å². The van der Waals surface area contributed by atoms with Crippen molar-refractivity contribution in [3.05, 3.63) is 108 Å². The molecule has 1 aliphatic heterocycles. The molecule has 0 aromatic heterocycles. The van der Waals surface area contributed by atoms with E-state index in [9.17, 15) is 5.11 Å². The molecule has 0 aliphatic carbocycles. The van der Waals surface area contributed by atoms with Gasteiger partial charge in [-0.1, -0.05) is 91.0 Å². The second kappa shape index (κ2) is 12.8. The van der Waals surface area contributed by atoms with Crippen molar-refractivity contribution in [2.45, 2.75) is 50.5 Å². The molecule has 3 aromatic carbocycles. The molecule has 6 nitrogen and oxygen atoms in total. The zero-order valence-corrected chi connectivity index (χ0v) is 19.4. The molecule has 1 fully saturated rings. The molecule has 0 saturated carbocycles. The number of rotatable bonds is 11. The van der Waals surface area contributed by atoms with Gasteiger partial charge in [0.15, 0.2) is 6.29 Å². The zero-order valence-electron chi connectivity index (χ0n) is 19.4. The molecule has 0 bridgehead atoms. The van der Waals surface area contributed by atoms with E-state index >= 15 is 0 Å². The van der Waals surface area contributed by atoms with Crippen LogP contribution in [0, 0.1) is 0 Å². The predicted molar refractivity (Wildman–Crippen MR) is 128 cm³/mol. The van der Waals surface area contributed by atoms with Crippen molar-refractivity contribution in [3.63, 3.8) is 0 Å². The first-order chi connectivity index (χ1) is 16.8. The van der Waals surface area contributed by atoms with Crippen LogP contribution in [-0.2, 0) is 43.5 Å². The summed E-state index contributed by atoms with van der Waals surface area (Å²) in [5.41, 5.74) is 3.09. The second-order valence-electron chi connectivity index (χ2n) is 8.24. The minimum Gasteiger partial charge on any atom is -0.394 e. The Labute approximate surface area is 201 Å². The van der Waals surface area contributed by atoms with E-state index in [1.807, 2.05) is 91.0 Å². The van der Waals surface area contributed by atoms with Gasteiger partial charge in [0.1, 0.15) is 24.4 Å². The van der Waals surface area contributed by atoms with Crippen molar-refractivity contribution in [1.29, 1.82) is 0 Å². The van der Waals surface area contributed by atoms with Crippen LogP contribution in [0.5, 0.6) is 0 Å². The Bertz CT molecular complexity index is 895. The maximum Gasteiger partial charge on any atom is 0.186 e. The van der Waals surface area contributed by atoms with Gasteiger partial charge in [0.25, 0.3) is 0 Å². The van der Waals surface area contributed by atoms with Crippen LogP contribution in [0.25, 0.3) is 0 Å². The number of ether oxygens (including phenoxy) is 5. The van der Waals surface area contributed by atoms with E-state index in [4.69, 9.17) is 23.7 Å². The average Bonchev–Trinajstić information content (AvgIpc) is 2.91. The summed E-state index contributed by atoms with van der Waals surface area (Å²) in [7, 11) is 1.57. The first-order valence-corrected chi connectivity index (χ1v) is 11.5.